The van der Waals surface area contributed by atoms with Crippen molar-refractivity contribution in [1.29, 1.82) is 0 Å². The fraction of sp³-hybridized carbons (Fsp3) is 0.500. The lowest BCUT2D eigenvalue weighted by Gasteiger charge is -2.11. The summed E-state index contributed by atoms with van der Waals surface area (Å²) in [5.41, 5.74) is 0.495. The Balaban J connectivity index is 1.89. The van der Waals surface area contributed by atoms with Crippen molar-refractivity contribution >= 4 is 21.4 Å². The molecule has 0 aliphatic carbocycles. The van der Waals surface area contributed by atoms with Crippen LogP contribution in [0.4, 0.5) is 4.39 Å². The highest BCUT2D eigenvalue weighted by Crippen LogP contribution is 2.19. The second-order valence-electron chi connectivity index (χ2n) is 4.50. The van der Waals surface area contributed by atoms with E-state index in [4.69, 9.17) is 11.6 Å². The lowest BCUT2D eigenvalue weighted by Crippen LogP contribution is -2.30. The molecule has 1 atom stereocenters. The van der Waals surface area contributed by atoms with Gasteiger partial charge >= 0.3 is 0 Å². The third kappa shape index (κ3) is 3.22. The lowest BCUT2D eigenvalue weighted by molar-refractivity contribution is 0.562. The van der Waals surface area contributed by atoms with Crippen molar-refractivity contribution < 1.29 is 12.8 Å². The maximum Gasteiger partial charge on any atom is 0.154 e. The van der Waals surface area contributed by atoms with E-state index >= 15 is 0 Å². The molecule has 100 valence electrons. The molecule has 1 unspecified atom stereocenters. The van der Waals surface area contributed by atoms with Crippen molar-refractivity contribution in [3.8, 4) is 0 Å². The topological polar surface area (TPSA) is 46.2 Å². The van der Waals surface area contributed by atoms with Crippen molar-refractivity contribution in [3.63, 3.8) is 0 Å². The summed E-state index contributed by atoms with van der Waals surface area (Å²) in [6, 6.07) is 4.48. The summed E-state index contributed by atoms with van der Waals surface area (Å²) >= 11 is 5.65. The molecule has 1 N–H and O–H groups in total. The molecule has 18 heavy (non-hydrogen) atoms. The van der Waals surface area contributed by atoms with E-state index in [-0.39, 0.29) is 16.8 Å². The van der Waals surface area contributed by atoms with Crippen molar-refractivity contribution in [2.45, 2.75) is 24.6 Å². The molecule has 1 aromatic carbocycles. The van der Waals surface area contributed by atoms with Gasteiger partial charge in [0.15, 0.2) is 9.84 Å². The van der Waals surface area contributed by atoms with Crippen LogP contribution in [0.25, 0.3) is 0 Å². The van der Waals surface area contributed by atoms with Crippen LogP contribution in [-0.2, 0) is 16.4 Å². The van der Waals surface area contributed by atoms with Crippen molar-refractivity contribution in [2.24, 2.45) is 0 Å². The molecule has 1 heterocycles. The summed E-state index contributed by atoms with van der Waals surface area (Å²) < 4.78 is 36.6. The van der Waals surface area contributed by atoms with Crippen LogP contribution in [0.3, 0.4) is 0 Å². The Morgan fingerprint density at radius 3 is 2.83 bits per heavy atom. The quantitative estimate of drug-likeness (QED) is 0.924. The third-order valence-corrected chi connectivity index (χ3v) is 5.68. The number of benzene rings is 1. The first-order valence-corrected chi connectivity index (χ1v) is 7.94. The molecule has 1 aliphatic rings. The summed E-state index contributed by atoms with van der Waals surface area (Å²) in [6.07, 6.45) is 1.42. The normalized spacial score (nSPS) is 22.2. The van der Waals surface area contributed by atoms with Gasteiger partial charge in [-0.2, -0.15) is 0 Å². The molecule has 0 bridgehead atoms. The Morgan fingerprint density at radius 2 is 2.22 bits per heavy atom. The zero-order valence-electron chi connectivity index (χ0n) is 9.83. The van der Waals surface area contributed by atoms with E-state index < -0.39 is 9.84 Å². The van der Waals surface area contributed by atoms with Crippen LogP contribution in [0.5, 0.6) is 0 Å². The Morgan fingerprint density at radius 1 is 1.44 bits per heavy atom. The summed E-state index contributed by atoms with van der Waals surface area (Å²) in [5.74, 6) is -0.0986. The van der Waals surface area contributed by atoms with Gasteiger partial charge in [-0.3, -0.25) is 0 Å². The number of hydrogen-bond donors (Lipinski definition) is 1. The van der Waals surface area contributed by atoms with Gasteiger partial charge in [-0.1, -0.05) is 17.7 Å². The van der Waals surface area contributed by atoms with E-state index in [1.165, 1.54) is 6.07 Å². The Labute approximate surface area is 111 Å². The van der Waals surface area contributed by atoms with Crippen LogP contribution in [0.1, 0.15) is 18.4 Å². The average Bonchev–Trinajstić information content (AvgIpc) is 2.61. The SMILES string of the molecule is O=S1(=O)CCCC1CNCc1ccc(Cl)cc1F. The summed E-state index contributed by atoms with van der Waals surface area (Å²) in [6.45, 7) is 0.694. The number of sulfone groups is 1. The second kappa shape index (κ2) is 5.55. The van der Waals surface area contributed by atoms with Gasteiger partial charge in [-0.15, -0.1) is 0 Å². The molecule has 1 aromatic rings. The minimum absolute atomic E-state index is 0.272. The minimum atomic E-state index is -2.94. The first-order chi connectivity index (χ1) is 8.49. The van der Waals surface area contributed by atoms with E-state index in [0.717, 1.165) is 6.42 Å². The highest BCUT2D eigenvalue weighted by molar-refractivity contribution is 7.92. The maximum absolute atomic E-state index is 13.5. The van der Waals surface area contributed by atoms with E-state index in [1.807, 2.05) is 0 Å². The van der Waals surface area contributed by atoms with Crippen LogP contribution >= 0.6 is 11.6 Å². The minimum Gasteiger partial charge on any atom is -0.311 e. The largest absolute Gasteiger partial charge is 0.311 e. The monoisotopic (exact) mass is 291 g/mol. The van der Waals surface area contributed by atoms with Gasteiger partial charge in [0.05, 0.1) is 11.0 Å². The summed E-state index contributed by atoms with van der Waals surface area (Å²) in [7, 11) is -2.94. The maximum atomic E-state index is 13.5. The zero-order chi connectivity index (χ0) is 13.2. The van der Waals surface area contributed by atoms with Crippen LogP contribution in [0.2, 0.25) is 5.02 Å². The molecular formula is C12H15ClFNO2S. The molecule has 0 saturated carbocycles. The number of hydrogen-bond acceptors (Lipinski definition) is 3. The molecule has 1 fully saturated rings. The third-order valence-electron chi connectivity index (χ3n) is 3.17. The molecule has 0 spiro atoms. The van der Waals surface area contributed by atoms with Crippen LogP contribution < -0.4 is 5.32 Å². The summed E-state index contributed by atoms with van der Waals surface area (Å²) in [4.78, 5) is 0. The first kappa shape index (κ1) is 13.8. The van der Waals surface area contributed by atoms with Crippen LogP contribution in [0, 0.1) is 5.82 Å². The number of halogens is 2. The van der Waals surface area contributed by atoms with Gasteiger partial charge in [-0.05, 0) is 25.0 Å². The van der Waals surface area contributed by atoms with E-state index in [9.17, 15) is 12.8 Å². The van der Waals surface area contributed by atoms with E-state index in [0.29, 0.717) is 30.1 Å². The van der Waals surface area contributed by atoms with Gasteiger partial charge in [0.25, 0.3) is 0 Å². The van der Waals surface area contributed by atoms with Crippen molar-refractivity contribution in [3.05, 3.63) is 34.6 Å². The van der Waals surface area contributed by atoms with Gasteiger partial charge in [-0.25, -0.2) is 12.8 Å². The fourth-order valence-electron chi connectivity index (χ4n) is 2.12. The molecule has 1 saturated heterocycles. The number of rotatable bonds is 4. The highest BCUT2D eigenvalue weighted by Gasteiger charge is 2.30. The number of nitrogens with one attached hydrogen (secondary N) is 1. The van der Waals surface area contributed by atoms with Gasteiger partial charge in [0, 0.05) is 23.7 Å². The molecule has 0 aromatic heterocycles. The Kier molecular flexibility index (Phi) is 4.25. The predicted molar refractivity (Wildman–Crippen MR) is 69.9 cm³/mol. The van der Waals surface area contributed by atoms with Crippen LogP contribution in [-0.4, -0.2) is 26.0 Å². The highest BCUT2D eigenvalue weighted by atomic mass is 35.5. The molecule has 1 aliphatic heterocycles. The predicted octanol–water partition coefficient (Wildman–Crippen LogP) is 2.15. The second-order valence-corrected chi connectivity index (χ2v) is 7.33. The van der Waals surface area contributed by atoms with Crippen molar-refractivity contribution in [2.75, 3.05) is 12.3 Å². The lowest BCUT2D eigenvalue weighted by atomic mass is 10.2. The molecule has 3 nitrogen and oxygen atoms in total. The van der Waals surface area contributed by atoms with Gasteiger partial charge in [0.2, 0.25) is 0 Å². The van der Waals surface area contributed by atoms with Gasteiger partial charge < -0.3 is 5.32 Å². The molecule has 0 radical (unpaired) electrons. The molecule has 0 amide bonds. The van der Waals surface area contributed by atoms with Gasteiger partial charge in [0.1, 0.15) is 5.82 Å². The Bertz CT molecular complexity index is 533. The smallest absolute Gasteiger partial charge is 0.154 e. The zero-order valence-corrected chi connectivity index (χ0v) is 11.4. The van der Waals surface area contributed by atoms with E-state index in [2.05, 4.69) is 5.32 Å². The molecular weight excluding hydrogens is 277 g/mol. The van der Waals surface area contributed by atoms with E-state index in [1.54, 1.807) is 12.1 Å². The first-order valence-electron chi connectivity index (χ1n) is 5.85. The average molecular weight is 292 g/mol. The van der Waals surface area contributed by atoms with Crippen LogP contribution in [0.15, 0.2) is 18.2 Å². The standard InChI is InChI=1S/C12H15ClFNO2S/c13-10-4-3-9(12(14)6-10)7-15-8-11-2-1-5-18(11,16)17/h3-4,6,11,15H,1-2,5,7-8H2. The summed E-state index contributed by atoms with van der Waals surface area (Å²) in [5, 5.41) is 3.03. The molecule has 2 rings (SSSR count). The van der Waals surface area contributed by atoms with Crippen molar-refractivity contribution in [1.82, 2.24) is 5.32 Å². The molecule has 6 heteroatoms. The fourth-order valence-corrected chi connectivity index (χ4v) is 4.08. The Hall–Kier alpha value is -0.650.